The molecule has 0 radical (unpaired) electrons. The number of hydrogen-bond acceptors (Lipinski definition) is 5. The van der Waals surface area contributed by atoms with Crippen LogP contribution in [0.15, 0.2) is 42.7 Å². The van der Waals surface area contributed by atoms with Crippen molar-refractivity contribution in [3.63, 3.8) is 0 Å². The van der Waals surface area contributed by atoms with Gasteiger partial charge in [0.15, 0.2) is 6.17 Å². The number of benzene rings is 1. The Hall–Kier alpha value is -3.21. The zero-order valence-corrected chi connectivity index (χ0v) is 25.4. The summed E-state index contributed by atoms with van der Waals surface area (Å²) in [6.45, 7) is 5.24. The molecule has 5 nitrogen and oxygen atoms in total. The van der Waals surface area contributed by atoms with Gasteiger partial charge >= 0.3 is 6.18 Å². The topological polar surface area (TPSA) is 62.1 Å². The lowest BCUT2D eigenvalue weighted by atomic mass is 9.68. The number of hydrogen-bond donors (Lipinski definition) is 1. The maximum atomic E-state index is 17.1. The summed E-state index contributed by atoms with van der Waals surface area (Å²) < 4.78 is 85.9. The lowest BCUT2D eigenvalue weighted by Crippen LogP contribution is -2.36. The van der Waals surface area contributed by atoms with Crippen molar-refractivity contribution < 1.29 is 31.4 Å². The number of aromatic nitrogens is 3. The second-order valence-electron chi connectivity index (χ2n) is 13.7. The van der Waals surface area contributed by atoms with Crippen LogP contribution in [0.1, 0.15) is 122 Å². The van der Waals surface area contributed by atoms with Gasteiger partial charge in [0.1, 0.15) is 0 Å². The van der Waals surface area contributed by atoms with E-state index in [2.05, 4.69) is 9.97 Å². The third-order valence-electron chi connectivity index (χ3n) is 9.77. The van der Waals surface area contributed by atoms with Gasteiger partial charge in [0.25, 0.3) is 0 Å². The molecule has 2 aliphatic carbocycles. The normalized spacial score (nSPS) is 23.0. The Morgan fingerprint density at radius 3 is 2.13 bits per heavy atom. The standard InChI is InChI=1S/C34H38F6N4O/c1-32(2)18-24-27(25(45)19-32)26(20-8-12-33(36,37)13-9-20)28(29(35)21-4-6-23(7-5-21)34(38,39)40)30(43-24)22-10-16-44(17-11-22)31-41-14-3-15-42-31/h3-7,14-15,20,22,25,29,45H,8-13,16-19H2,1-2H3/t25-,29?/m0/s1. The first-order valence-corrected chi connectivity index (χ1v) is 15.7. The van der Waals surface area contributed by atoms with Crippen LogP contribution in [0, 0.1) is 5.41 Å². The van der Waals surface area contributed by atoms with E-state index in [1.807, 2.05) is 18.7 Å². The molecule has 45 heavy (non-hydrogen) atoms. The predicted octanol–water partition coefficient (Wildman–Crippen LogP) is 8.63. The minimum Gasteiger partial charge on any atom is -0.388 e. The molecule has 1 aromatic carbocycles. The minimum absolute atomic E-state index is 0.0362. The highest BCUT2D eigenvalue weighted by atomic mass is 19.4. The molecule has 0 amide bonds. The summed E-state index contributed by atoms with van der Waals surface area (Å²) in [6, 6.07) is 5.75. The van der Waals surface area contributed by atoms with E-state index in [9.17, 15) is 27.1 Å². The second-order valence-corrected chi connectivity index (χ2v) is 13.7. The molecule has 3 aliphatic rings. The summed E-state index contributed by atoms with van der Waals surface area (Å²) in [5, 5.41) is 11.5. The third kappa shape index (κ3) is 6.55. The van der Waals surface area contributed by atoms with E-state index >= 15 is 4.39 Å². The van der Waals surface area contributed by atoms with E-state index < -0.39 is 35.9 Å². The van der Waals surface area contributed by atoms with E-state index in [1.54, 1.807) is 18.5 Å². The summed E-state index contributed by atoms with van der Waals surface area (Å²) in [4.78, 5) is 15.8. The monoisotopic (exact) mass is 632 g/mol. The Morgan fingerprint density at radius 1 is 0.911 bits per heavy atom. The SMILES string of the molecule is CC1(C)Cc2nc(C3CCN(c4ncccn4)CC3)c(C(F)c3ccc(C(F)(F)F)cc3)c(C3CCC(F)(F)CC3)c2[C@@H](O)C1. The van der Waals surface area contributed by atoms with Crippen LogP contribution < -0.4 is 4.90 Å². The Morgan fingerprint density at radius 2 is 1.53 bits per heavy atom. The summed E-state index contributed by atoms with van der Waals surface area (Å²) in [5.41, 5.74) is 1.34. The number of anilines is 1. The van der Waals surface area contributed by atoms with Crippen molar-refractivity contribution in [3.05, 3.63) is 81.9 Å². The molecular formula is C34H38F6N4O. The first-order chi connectivity index (χ1) is 21.2. The van der Waals surface area contributed by atoms with Gasteiger partial charge in [-0.15, -0.1) is 0 Å². The van der Waals surface area contributed by atoms with Crippen molar-refractivity contribution in [2.75, 3.05) is 18.0 Å². The number of fused-ring (bicyclic) bond motifs is 1. The van der Waals surface area contributed by atoms with Crippen LogP contribution in [0.25, 0.3) is 0 Å². The molecule has 242 valence electrons. The van der Waals surface area contributed by atoms with Gasteiger partial charge in [-0.25, -0.2) is 23.1 Å². The first-order valence-electron chi connectivity index (χ1n) is 15.7. The molecular weight excluding hydrogens is 594 g/mol. The van der Waals surface area contributed by atoms with Crippen molar-refractivity contribution in [3.8, 4) is 0 Å². The van der Waals surface area contributed by atoms with Crippen LogP contribution in [0.3, 0.4) is 0 Å². The molecule has 3 aromatic rings. The summed E-state index contributed by atoms with van der Waals surface area (Å²) in [6.07, 6.45) is -2.36. The van der Waals surface area contributed by atoms with Gasteiger partial charge in [-0.2, -0.15) is 13.2 Å². The van der Waals surface area contributed by atoms with E-state index in [-0.39, 0.29) is 48.1 Å². The highest BCUT2D eigenvalue weighted by Gasteiger charge is 2.43. The van der Waals surface area contributed by atoms with Gasteiger partial charge in [0.2, 0.25) is 11.9 Å². The summed E-state index contributed by atoms with van der Waals surface area (Å²) >= 11 is 0. The van der Waals surface area contributed by atoms with Crippen LogP contribution in [0.5, 0.6) is 0 Å². The van der Waals surface area contributed by atoms with Crippen molar-refractivity contribution in [1.29, 1.82) is 0 Å². The van der Waals surface area contributed by atoms with Crippen molar-refractivity contribution in [1.82, 2.24) is 15.0 Å². The van der Waals surface area contributed by atoms with E-state index in [0.29, 0.717) is 67.2 Å². The van der Waals surface area contributed by atoms with Crippen molar-refractivity contribution >= 4 is 5.95 Å². The molecule has 1 saturated heterocycles. The van der Waals surface area contributed by atoms with Crippen LogP contribution >= 0.6 is 0 Å². The van der Waals surface area contributed by atoms with E-state index in [0.717, 1.165) is 24.3 Å². The Balaban J connectivity index is 1.49. The zero-order valence-electron chi connectivity index (χ0n) is 25.4. The average molecular weight is 633 g/mol. The lowest BCUT2D eigenvalue weighted by molar-refractivity contribution is -0.137. The molecule has 6 rings (SSSR count). The first kappa shape index (κ1) is 31.8. The number of aliphatic hydroxyl groups excluding tert-OH is 1. The molecule has 2 fully saturated rings. The number of rotatable bonds is 5. The van der Waals surface area contributed by atoms with E-state index in [1.165, 1.54) is 0 Å². The lowest BCUT2D eigenvalue weighted by Gasteiger charge is -2.41. The number of nitrogens with zero attached hydrogens (tertiary/aromatic N) is 4. The third-order valence-corrected chi connectivity index (χ3v) is 9.77. The minimum atomic E-state index is -4.57. The molecule has 2 aromatic heterocycles. The fraction of sp³-hybridized carbons (Fsp3) is 0.559. The fourth-order valence-electron chi connectivity index (χ4n) is 7.52. The predicted molar refractivity (Wildman–Crippen MR) is 158 cm³/mol. The largest absolute Gasteiger partial charge is 0.416 e. The number of halogens is 6. The highest BCUT2D eigenvalue weighted by molar-refractivity contribution is 5.51. The molecule has 1 unspecified atom stereocenters. The molecule has 3 heterocycles. The van der Waals surface area contributed by atoms with Gasteiger partial charge < -0.3 is 10.0 Å². The van der Waals surface area contributed by atoms with Crippen LogP contribution in [-0.2, 0) is 12.6 Å². The zero-order chi connectivity index (χ0) is 32.1. The van der Waals surface area contributed by atoms with Gasteiger partial charge in [0, 0.05) is 61.1 Å². The molecule has 11 heteroatoms. The molecule has 2 atom stereocenters. The molecule has 0 spiro atoms. The van der Waals surface area contributed by atoms with Crippen LogP contribution in [-0.4, -0.2) is 39.1 Å². The Bertz CT molecular complexity index is 1490. The Kier molecular flexibility index (Phi) is 8.37. The van der Waals surface area contributed by atoms with Crippen LogP contribution in [0.4, 0.5) is 32.3 Å². The Labute approximate surface area is 259 Å². The molecule has 1 N–H and O–H groups in total. The maximum absolute atomic E-state index is 17.1. The van der Waals surface area contributed by atoms with Crippen LogP contribution in [0.2, 0.25) is 0 Å². The van der Waals surface area contributed by atoms with Crippen molar-refractivity contribution in [2.24, 2.45) is 5.41 Å². The fourth-order valence-corrected chi connectivity index (χ4v) is 7.52. The van der Waals surface area contributed by atoms with E-state index in [4.69, 9.17) is 4.98 Å². The number of aliphatic hydroxyl groups is 1. The van der Waals surface area contributed by atoms with Gasteiger partial charge in [-0.05, 0) is 79.2 Å². The van der Waals surface area contributed by atoms with Gasteiger partial charge in [0.05, 0.1) is 17.4 Å². The second kappa shape index (κ2) is 11.9. The number of alkyl halides is 6. The highest BCUT2D eigenvalue weighted by Crippen LogP contribution is 2.52. The number of piperidine rings is 1. The van der Waals surface area contributed by atoms with Gasteiger partial charge in [-0.3, -0.25) is 4.98 Å². The molecule has 0 bridgehead atoms. The quantitative estimate of drug-likeness (QED) is 0.286. The summed E-state index contributed by atoms with van der Waals surface area (Å²) in [7, 11) is 0. The molecule has 1 aliphatic heterocycles. The molecule has 1 saturated carbocycles. The smallest absolute Gasteiger partial charge is 0.388 e. The summed E-state index contributed by atoms with van der Waals surface area (Å²) in [5.74, 6) is -2.85. The average Bonchev–Trinajstić information content (AvgIpc) is 2.99. The van der Waals surface area contributed by atoms with Gasteiger partial charge in [-0.1, -0.05) is 26.0 Å². The number of pyridine rings is 1. The maximum Gasteiger partial charge on any atom is 0.416 e. The van der Waals surface area contributed by atoms with Crippen molar-refractivity contribution in [2.45, 2.75) is 101 Å².